The van der Waals surface area contributed by atoms with E-state index in [1.165, 1.54) is 56.7 Å². The number of nitrogens with one attached hydrogen (secondary N) is 3. The molecule has 1 saturated carbocycles. The summed E-state index contributed by atoms with van der Waals surface area (Å²) >= 11 is 41.4. The van der Waals surface area contributed by atoms with Gasteiger partial charge >= 0.3 is 0 Å². The van der Waals surface area contributed by atoms with Gasteiger partial charge in [0.1, 0.15) is 52.1 Å². The fourth-order valence-electron chi connectivity index (χ4n) is 16.9. The molecule has 4 fully saturated rings. The number of halogens is 9. The van der Waals surface area contributed by atoms with Gasteiger partial charge in [-0.15, -0.1) is 0 Å². The van der Waals surface area contributed by atoms with Crippen molar-refractivity contribution in [2.45, 2.75) is 243 Å². The van der Waals surface area contributed by atoms with Crippen molar-refractivity contribution < 1.29 is 51.8 Å². The van der Waals surface area contributed by atoms with Crippen molar-refractivity contribution in [1.82, 2.24) is 35.6 Å². The van der Waals surface area contributed by atoms with E-state index in [9.17, 15) is 42.3 Å². The fourth-order valence-corrected chi connectivity index (χ4v) is 17.8. The van der Waals surface area contributed by atoms with E-state index in [-0.39, 0.29) is 128 Å². The minimum Gasteiger partial charge on any atom is -0.379 e. The van der Waals surface area contributed by atoms with Gasteiger partial charge in [0.25, 0.3) is 0 Å². The monoisotopic (exact) mass is 2040 g/mol. The fraction of sp³-hybridized carbons (Fsp3) is 0.566. The summed E-state index contributed by atoms with van der Waals surface area (Å²) in [6.07, 6.45) is 8.26. The Labute approximate surface area is 861 Å². The molecular weight excluding hydrogens is 1890 g/mol. The summed E-state index contributed by atoms with van der Waals surface area (Å²) < 4.78 is 37.6. The number of benzene rings is 7. The van der Waals surface area contributed by atoms with Crippen molar-refractivity contribution in [2.24, 2.45) is 53.3 Å². The van der Waals surface area contributed by atoms with Crippen molar-refractivity contribution >= 4 is 122 Å². The standard InChI is InChI=1S/C18H25ClFNO.C18H26ClNO.2C16H22ClNO2.C16H24FNO.C15H21Cl2NO.C14H20ClNO/c1-12(2)18(22)15(11-21-10-13-5-3-4-6-13)14-7-8-16(19)17(20)9-14;1-13(2)18(21)17(15-4-6-16(19)7-5-15)12-20-10-8-14(3)9-11-20;2*1-11(2)16(19)15(10-18-8-14(9-18)20-3)12-4-6-13(17)7-5-12;1-10(2)16(19)14(9-18-11(3)4)13-6-7-15(17)12(5)8-13;1-9(2)15(19)12(8-18-10(3)4)11-5-6-13(16)14(17)7-11;1-10(2)14(17)13(9-16(3)4)11-5-7-12(15)8-6-11/h7-9,12-13,15,21H,3-6,10-11H2,1-2H3;4-7,13-14,17H,8-12H2,1-3H3;2*4-7,11,14-15H,8-10H2,1-3H3;6-8,10-11,14,18H,9H2,1-5H3;5-7,9-10,12,18H,8H2,1-4H3;5-8,10,13H,9H2,1-4H3/t15-;17-;2*15-;14-;12-;13-/m1110111/s1. The molecule has 4 aliphatic rings. The van der Waals surface area contributed by atoms with Crippen LogP contribution in [0.25, 0.3) is 0 Å². The molecule has 7 aromatic rings. The van der Waals surface area contributed by atoms with E-state index in [0.29, 0.717) is 85.9 Å². The molecule has 138 heavy (non-hydrogen) atoms. The zero-order valence-corrected chi connectivity index (χ0v) is 91.8. The molecule has 0 spiro atoms. The molecule has 3 saturated heterocycles. The second-order valence-electron chi connectivity index (χ2n) is 40.7. The highest BCUT2D eigenvalue weighted by atomic mass is 35.5. The number of carbonyl (C=O) groups excluding carboxylic acids is 7. The molecule has 3 heterocycles. The number of aryl methyl sites for hydroxylation is 1. The van der Waals surface area contributed by atoms with Crippen LogP contribution in [0, 0.1) is 71.8 Å². The maximum atomic E-state index is 13.7. The predicted molar refractivity (Wildman–Crippen MR) is 572 cm³/mol. The van der Waals surface area contributed by atoms with Crippen LogP contribution in [-0.2, 0) is 43.0 Å². The summed E-state index contributed by atoms with van der Waals surface area (Å²) in [5, 5.41) is 14.0. The molecule has 3 aliphatic heterocycles. The summed E-state index contributed by atoms with van der Waals surface area (Å²) in [4.78, 5) is 95.9. The van der Waals surface area contributed by atoms with Gasteiger partial charge < -0.3 is 35.2 Å². The van der Waals surface area contributed by atoms with Crippen molar-refractivity contribution in [3.05, 3.63) is 243 Å². The number of hydrogen-bond acceptors (Lipinski definition) is 16. The van der Waals surface area contributed by atoms with Crippen molar-refractivity contribution in [3.8, 4) is 0 Å². The zero-order chi connectivity index (χ0) is 103. The van der Waals surface area contributed by atoms with Crippen LogP contribution in [-0.4, -0.2) is 204 Å². The van der Waals surface area contributed by atoms with E-state index in [1.807, 2.05) is 233 Å². The Morgan fingerprint density at radius 1 is 0.362 bits per heavy atom. The topological polar surface area (TPSA) is 187 Å². The summed E-state index contributed by atoms with van der Waals surface area (Å²) in [6.45, 7) is 51.1. The number of ketones is 7. The number of piperidine rings is 1. The lowest BCUT2D eigenvalue weighted by molar-refractivity contribution is -0.125. The van der Waals surface area contributed by atoms with Gasteiger partial charge in [-0.25, -0.2) is 8.78 Å². The Kier molecular flexibility index (Phi) is 55.3. The molecule has 0 amide bonds. The van der Waals surface area contributed by atoms with E-state index in [0.717, 1.165) is 122 Å². The lowest BCUT2D eigenvalue weighted by Gasteiger charge is -2.40. The lowest BCUT2D eigenvalue weighted by Crippen LogP contribution is -2.53. The van der Waals surface area contributed by atoms with Gasteiger partial charge in [-0.3, -0.25) is 43.4 Å². The smallest absolute Gasteiger partial charge is 0.144 e. The highest BCUT2D eigenvalue weighted by Gasteiger charge is 2.36. The molecule has 764 valence electrons. The molecule has 7 atom stereocenters. The SMILES string of the molecule is CC(C)C(=O)[C@H](CN(C)C)c1ccc(Cl)cc1.CC(C)C(=O)[C@H](CNCC1CCCC1)c1ccc(Cl)c(F)c1.CC(C)NC[C@@H](C(=O)C(C)C)c1ccc(Cl)c(Cl)c1.CC1CCN(C[C@@H](C(=O)C(C)C)c2ccc(Cl)cc2)CC1.COC1CN(C[C@@H](C(=O)C(C)C)c2ccc(Cl)cc2)C1.COC1CN(C[C@H](C(=O)C(C)C)c2ccc(Cl)cc2)C1.Cc1cc([C@@H](CNC(C)C)C(=O)C(C)C)ccc1F. The largest absolute Gasteiger partial charge is 0.379 e. The average Bonchev–Trinajstić information content (AvgIpc) is 0.899. The number of likely N-dealkylation sites (tertiary alicyclic amines) is 3. The Morgan fingerprint density at radius 3 is 0.978 bits per heavy atom. The van der Waals surface area contributed by atoms with Crippen LogP contribution in [0.2, 0.25) is 35.2 Å². The van der Waals surface area contributed by atoms with E-state index < -0.39 is 5.82 Å². The molecule has 7 aromatic carbocycles. The molecule has 3 N–H and O–H groups in total. The Hall–Kier alpha value is -6.24. The van der Waals surface area contributed by atoms with Gasteiger partial charge in [0.15, 0.2) is 0 Å². The van der Waals surface area contributed by atoms with Crippen LogP contribution >= 0.6 is 81.2 Å². The second kappa shape index (κ2) is 62.5. The van der Waals surface area contributed by atoms with E-state index in [2.05, 4.69) is 51.4 Å². The number of carbonyl (C=O) groups is 7. The third kappa shape index (κ3) is 42.2. The van der Waals surface area contributed by atoms with Crippen LogP contribution in [0.3, 0.4) is 0 Å². The van der Waals surface area contributed by atoms with E-state index in [1.54, 1.807) is 51.5 Å². The van der Waals surface area contributed by atoms with Gasteiger partial charge in [-0.2, -0.15) is 0 Å². The molecular formula is C113H160Cl7F2N7O9. The Morgan fingerprint density at radius 2 is 0.659 bits per heavy atom. The molecule has 0 bridgehead atoms. The summed E-state index contributed by atoms with van der Waals surface area (Å²) in [5.41, 5.74) is 7.34. The summed E-state index contributed by atoms with van der Waals surface area (Å²) in [5.74, 6) is 1.70. The zero-order valence-electron chi connectivity index (χ0n) is 86.5. The first-order valence-corrected chi connectivity index (χ1v) is 52.2. The number of likely N-dealkylation sites (N-methyl/N-ethyl adjacent to an activating group) is 1. The van der Waals surface area contributed by atoms with Crippen LogP contribution in [0.4, 0.5) is 8.78 Å². The van der Waals surface area contributed by atoms with E-state index >= 15 is 0 Å². The number of Topliss-reactive ketones (excluding diaryl/α,β-unsaturated/α-hetero) is 7. The normalized spacial score (nSPS) is 16.1. The van der Waals surface area contributed by atoms with Gasteiger partial charge in [0.05, 0.1) is 68.7 Å². The molecule has 0 aromatic heterocycles. The number of nitrogens with zero attached hydrogens (tertiary/aromatic N) is 4. The van der Waals surface area contributed by atoms with Gasteiger partial charge in [0.2, 0.25) is 0 Å². The Bertz CT molecular complexity index is 4650. The predicted octanol–water partition coefficient (Wildman–Crippen LogP) is 25.9. The van der Waals surface area contributed by atoms with Crippen molar-refractivity contribution in [1.29, 1.82) is 0 Å². The molecule has 16 nitrogen and oxygen atoms in total. The lowest BCUT2D eigenvalue weighted by atomic mass is 9.87. The van der Waals surface area contributed by atoms with Gasteiger partial charge in [0, 0.05) is 160 Å². The molecule has 1 aliphatic carbocycles. The van der Waals surface area contributed by atoms with Crippen LogP contribution in [0.15, 0.2) is 152 Å². The minimum atomic E-state index is -0.462. The quantitative estimate of drug-likeness (QED) is 0.0328. The highest BCUT2D eigenvalue weighted by Crippen LogP contribution is 2.35. The number of hydrogen-bond donors (Lipinski definition) is 3. The van der Waals surface area contributed by atoms with E-state index in [4.69, 9.17) is 90.7 Å². The molecule has 11 rings (SSSR count). The Balaban J connectivity index is 0.000000284. The van der Waals surface area contributed by atoms with Gasteiger partial charge in [-0.05, 0) is 202 Å². The molecule has 25 heteroatoms. The molecule has 0 unspecified atom stereocenters. The van der Waals surface area contributed by atoms with Crippen LogP contribution in [0.1, 0.15) is 256 Å². The first-order valence-electron chi connectivity index (χ1n) is 49.5. The van der Waals surface area contributed by atoms with Crippen molar-refractivity contribution in [2.75, 3.05) is 120 Å². The average molecular weight is 2050 g/mol. The summed E-state index contributed by atoms with van der Waals surface area (Å²) in [6, 6.07) is 46.3. The first-order chi connectivity index (χ1) is 65.0. The summed E-state index contributed by atoms with van der Waals surface area (Å²) in [7, 11) is 7.43. The minimum absolute atomic E-state index is 0.00610. The number of rotatable bonds is 41. The number of ether oxygens (including phenoxy) is 2. The van der Waals surface area contributed by atoms with Gasteiger partial charge in [-0.1, -0.05) is 298 Å². The second-order valence-corrected chi connectivity index (χ2v) is 43.6. The third-order valence-electron chi connectivity index (χ3n) is 25.7. The van der Waals surface area contributed by atoms with Crippen molar-refractivity contribution in [3.63, 3.8) is 0 Å². The maximum Gasteiger partial charge on any atom is 0.144 e. The maximum absolute atomic E-state index is 13.7. The van der Waals surface area contributed by atoms with Crippen LogP contribution < -0.4 is 16.0 Å². The highest BCUT2D eigenvalue weighted by molar-refractivity contribution is 6.42. The van der Waals surface area contributed by atoms with Crippen LogP contribution in [0.5, 0.6) is 0 Å². The number of methoxy groups -OCH3 is 2. The molecule has 0 radical (unpaired) electrons. The third-order valence-corrected chi connectivity index (χ3v) is 27.8. The first kappa shape index (κ1) is 122.